The molecule has 6 nitrogen and oxygen atoms in total. The molecule has 21 heavy (non-hydrogen) atoms. The molecule has 0 aliphatic carbocycles. The van der Waals surface area contributed by atoms with Gasteiger partial charge in [0.15, 0.2) is 0 Å². The molecule has 2 heterocycles. The molecule has 2 atom stereocenters. The second-order valence-electron chi connectivity index (χ2n) is 5.19. The summed E-state index contributed by atoms with van der Waals surface area (Å²) in [4.78, 5) is 11.5. The Kier molecular flexibility index (Phi) is 3.81. The van der Waals surface area contributed by atoms with Crippen molar-refractivity contribution in [3.63, 3.8) is 0 Å². The second kappa shape index (κ2) is 5.75. The summed E-state index contributed by atoms with van der Waals surface area (Å²) in [6.07, 6.45) is 3.16. The van der Waals surface area contributed by atoms with Crippen LogP contribution in [0.2, 0.25) is 0 Å². The van der Waals surface area contributed by atoms with E-state index in [1.54, 1.807) is 7.11 Å². The van der Waals surface area contributed by atoms with Crippen LogP contribution in [0.3, 0.4) is 0 Å². The highest BCUT2D eigenvalue weighted by Crippen LogP contribution is 2.28. The molecule has 1 saturated heterocycles. The van der Waals surface area contributed by atoms with Crippen molar-refractivity contribution < 1.29 is 14.3 Å². The quantitative estimate of drug-likeness (QED) is 0.503. The van der Waals surface area contributed by atoms with Crippen molar-refractivity contribution in [1.29, 1.82) is 0 Å². The molecule has 1 aromatic heterocycles. The van der Waals surface area contributed by atoms with E-state index in [1.807, 2.05) is 24.4 Å². The molecule has 1 aromatic carbocycles. The molecule has 112 valence electrons. The van der Waals surface area contributed by atoms with E-state index < -0.39 is 6.10 Å². The Morgan fingerprint density at radius 1 is 1.48 bits per heavy atom. The molecule has 0 bridgehead atoms. The lowest BCUT2D eigenvalue weighted by molar-refractivity contribution is -0.132. The Morgan fingerprint density at radius 3 is 3.10 bits per heavy atom. The first-order valence-electron chi connectivity index (χ1n) is 7.00. The van der Waals surface area contributed by atoms with Crippen LogP contribution < -0.4 is 16.0 Å². The average molecular weight is 289 g/mol. The van der Waals surface area contributed by atoms with Crippen LogP contribution in [0.4, 0.5) is 0 Å². The highest BCUT2D eigenvalue weighted by Gasteiger charge is 2.30. The molecule has 1 aliphatic heterocycles. The summed E-state index contributed by atoms with van der Waals surface area (Å²) in [5, 5.41) is 1.08. The molecule has 1 aliphatic rings. The van der Waals surface area contributed by atoms with Gasteiger partial charge in [-0.15, -0.1) is 0 Å². The van der Waals surface area contributed by atoms with Crippen LogP contribution in [0.25, 0.3) is 10.9 Å². The minimum absolute atomic E-state index is 0.0223. The van der Waals surface area contributed by atoms with Gasteiger partial charge in [0.05, 0.1) is 18.7 Å². The maximum atomic E-state index is 11.5. The number of carbonyl (C=O) groups excluding carboxylic acids is 1. The summed E-state index contributed by atoms with van der Waals surface area (Å²) in [7, 11) is 1.67. The fourth-order valence-electron chi connectivity index (χ4n) is 2.88. The second-order valence-corrected chi connectivity index (χ2v) is 5.19. The van der Waals surface area contributed by atoms with Gasteiger partial charge in [0, 0.05) is 18.1 Å². The zero-order valence-electron chi connectivity index (χ0n) is 11.9. The summed E-state index contributed by atoms with van der Waals surface area (Å²) >= 11 is 0. The summed E-state index contributed by atoms with van der Waals surface area (Å²) in [5.41, 5.74) is 3.25. The number of amides is 1. The molecular weight excluding hydrogens is 270 g/mol. The maximum absolute atomic E-state index is 11.5. The number of hydrazine groups is 1. The topological polar surface area (TPSA) is 78.5 Å². The Labute approximate surface area is 122 Å². The number of ether oxygens (including phenoxy) is 2. The first kappa shape index (κ1) is 13.9. The third kappa shape index (κ3) is 2.59. The van der Waals surface area contributed by atoms with Gasteiger partial charge in [0.2, 0.25) is 0 Å². The van der Waals surface area contributed by atoms with Crippen molar-refractivity contribution in [2.75, 3.05) is 7.11 Å². The third-order valence-electron chi connectivity index (χ3n) is 3.94. The van der Waals surface area contributed by atoms with Crippen molar-refractivity contribution >= 4 is 16.8 Å². The van der Waals surface area contributed by atoms with Crippen LogP contribution in [0.1, 0.15) is 12.8 Å². The highest BCUT2D eigenvalue weighted by molar-refractivity contribution is 5.86. The van der Waals surface area contributed by atoms with Gasteiger partial charge in [-0.1, -0.05) is 6.07 Å². The van der Waals surface area contributed by atoms with Gasteiger partial charge in [-0.25, -0.2) is 5.84 Å². The van der Waals surface area contributed by atoms with E-state index >= 15 is 0 Å². The smallest absolute Gasteiger partial charge is 0.263 e. The number of methoxy groups -OCH3 is 1. The van der Waals surface area contributed by atoms with E-state index in [-0.39, 0.29) is 12.0 Å². The van der Waals surface area contributed by atoms with Gasteiger partial charge >= 0.3 is 0 Å². The van der Waals surface area contributed by atoms with Crippen LogP contribution in [0.5, 0.6) is 5.75 Å². The maximum Gasteiger partial charge on any atom is 0.263 e. The molecule has 2 unspecified atom stereocenters. The summed E-state index contributed by atoms with van der Waals surface area (Å²) in [5.74, 6) is 5.75. The zero-order chi connectivity index (χ0) is 14.8. The van der Waals surface area contributed by atoms with Crippen LogP contribution in [0, 0.1) is 0 Å². The van der Waals surface area contributed by atoms with Crippen molar-refractivity contribution in [3.05, 3.63) is 30.5 Å². The van der Waals surface area contributed by atoms with E-state index in [9.17, 15) is 4.79 Å². The third-order valence-corrected chi connectivity index (χ3v) is 3.94. The number of benzene rings is 1. The number of nitrogens with two attached hydrogens (primary N) is 1. The number of fused-ring (bicyclic) bond motifs is 1. The molecule has 6 heteroatoms. The van der Waals surface area contributed by atoms with E-state index in [4.69, 9.17) is 15.3 Å². The average Bonchev–Trinajstić information content (AvgIpc) is 3.14. The largest absolute Gasteiger partial charge is 0.496 e. The van der Waals surface area contributed by atoms with Crippen LogP contribution >= 0.6 is 0 Å². The molecule has 3 rings (SSSR count). The van der Waals surface area contributed by atoms with Gasteiger partial charge in [-0.2, -0.15) is 0 Å². The number of hydrogen-bond acceptors (Lipinski definition) is 4. The van der Waals surface area contributed by atoms with Gasteiger partial charge in [0.1, 0.15) is 11.9 Å². The first-order valence-corrected chi connectivity index (χ1v) is 7.00. The van der Waals surface area contributed by atoms with Crippen molar-refractivity contribution in [1.82, 2.24) is 9.99 Å². The number of nitrogens with zero attached hydrogens (tertiary/aromatic N) is 1. The minimum atomic E-state index is -0.434. The van der Waals surface area contributed by atoms with Crippen LogP contribution in [-0.4, -0.2) is 29.8 Å². The van der Waals surface area contributed by atoms with Gasteiger partial charge in [-0.05, 0) is 31.0 Å². The van der Waals surface area contributed by atoms with Crippen LogP contribution in [0.15, 0.2) is 30.5 Å². The molecule has 0 saturated carbocycles. The van der Waals surface area contributed by atoms with E-state index in [1.165, 1.54) is 0 Å². The lowest BCUT2D eigenvalue weighted by Gasteiger charge is -2.14. The Bertz CT molecular complexity index is 653. The van der Waals surface area contributed by atoms with Crippen LogP contribution in [-0.2, 0) is 16.1 Å². The summed E-state index contributed by atoms with van der Waals surface area (Å²) in [6, 6.07) is 8.00. The minimum Gasteiger partial charge on any atom is -0.496 e. The number of aromatic nitrogens is 1. The fourth-order valence-corrected chi connectivity index (χ4v) is 2.88. The number of nitrogens with one attached hydrogen (secondary N) is 1. The van der Waals surface area contributed by atoms with E-state index in [0.717, 1.165) is 23.1 Å². The summed E-state index contributed by atoms with van der Waals surface area (Å²) < 4.78 is 13.2. The SMILES string of the molecule is COc1cccc2c1ccn2CC1CCC(C(=O)NN)O1. The molecule has 0 radical (unpaired) electrons. The first-order chi connectivity index (χ1) is 10.2. The van der Waals surface area contributed by atoms with Gasteiger partial charge in [-0.3, -0.25) is 10.2 Å². The Morgan fingerprint density at radius 2 is 2.33 bits per heavy atom. The molecular formula is C15H19N3O3. The number of rotatable bonds is 4. The molecule has 1 amide bonds. The Hall–Kier alpha value is -2.05. The monoisotopic (exact) mass is 289 g/mol. The summed E-state index contributed by atoms with van der Waals surface area (Å²) in [6.45, 7) is 0.713. The standard InChI is InChI=1S/C15H19N3O3/c1-20-13-4-2-3-12-11(13)7-8-18(12)9-10-5-6-14(21-10)15(19)17-16/h2-4,7-8,10,14H,5-6,9,16H2,1H3,(H,17,19). The predicted octanol–water partition coefficient (Wildman–Crippen LogP) is 1.19. The van der Waals surface area contributed by atoms with E-state index in [0.29, 0.717) is 13.0 Å². The lowest BCUT2D eigenvalue weighted by atomic mass is 10.2. The predicted molar refractivity (Wildman–Crippen MR) is 78.7 cm³/mol. The lowest BCUT2D eigenvalue weighted by Crippen LogP contribution is -2.39. The fraction of sp³-hybridized carbons (Fsp3) is 0.400. The van der Waals surface area contributed by atoms with Crippen molar-refractivity contribution in [2.24, 2.45) is 5.84 Å². The van der Waals surface area contributed by atoms with E-state index in [2.05, 4.69) is 16.1 Å². The van der Waals surface area contributed by atoms with Gasteiger partial charge in [0.25, 0.3) is 5.91 Å². The number of carbonyl (C=O) groups is 1. The zero-order valence-corrected chi connectivity index (χ0v) is 11.9. The number of hydrogen-bond donors (Lipinski definition) is 2. The van der Waals surface area contributed by atoms with Crippen molar-refractivity contribution in [3.8, 4) is 5.75 Å². The van der Waals surface area contributed by atoms with Crippen molar-refractivity contribution in [2.45, 2.75) is 31.6 Å². The normalized spacial score (nSPS) is 21.6. The highest BCUT2D eigenvalue weighted by atomic mass is 16.5. The van der Waals surface area contributed by atoms with Gasteiger partial charge < -0.3 is 14.0 Å². The Balaban J connectivity index is 1.76. The molecule has 1 fully saturated rings. The molecule has 2 aromatic rings. The molecule has 0 spiro atoms. The molecule has 3 N–H and O–H groups in total.